The van der Waals surface area contributed by atoms with Crippen molar-refractivity contribution in [1.82, 2.24) is 4.98 Å². The third-order valence-electron chi connectivity index (χ3n) is 2.55. The molecule has 0 saturated heterocycles. The van der Waals surface area contributed by atoms with Crippen LogP contribution in [0.15, 0.2) is 18.3 Å². The van der Waals surface area contributed by atoms with Crippen molar-refractivity contribution in [3.63, 3.8) is 0 Å². The average Bonchev–Trinajstić information content (AvgIpc) is 2.89. The summed E-state index contributed by atoms with van der Waals surface area (Å²) in [4.78, 5) is 15.3. The van der Waals surface area contributed by atoms with Crippen molar-refractivity contribution >= 4 is 11.6 Å². The van der Waals surface area contributed by atoms with Crippen LogP contribution in [0.3, 0.4) is 0 Å². The van der Waals surface area contributed by atoms with Gasteiger partial charge in [0, 0.05) is 11.5 Å². The smallest absolute Gasteiger partial charge is 0.230 e. The van der Waals surface area contributed by atoms with E-state index >= 15 is 0 Å². The number of aromatic hydroxyl groups is 1. The molecule has 4 heteroatoms. The molecule has 0 radical (unpaired) electrons. The van der Waals surface area contributed by atoms with Gasteiger partial charge in [-0.25, -0.2) is 4.98 Å². The minimum atomic E-state index is -0.183. The summed E-state index contributed by atoms with van der Waals surface area (Å²) in [5.74, 6) is -0.00868. The molecule has 1 aliphatic carbocycles. The summed E-state index contributed by atoms with van der Waals surface area (Å²) in [5, 5.41) is 11.7. The molecule has 0 atom stereocenters. The van der Waals surface area contributed by atoms with Gasteiger partial charge in [-0.1, -0.05) is 6.92 Å². The monoisotopic (exact) mass is 192 g/mol. The van der Waals surface area contributed by atoms with Gasteiger partial charge in [0.05, 0.1) is 11.9 Å². The standard InChI is InChI=1S/C10H12N2O2/c1-10(4-5-10)9(14)12-7-2-3-8(13)11-6-7/h2-3,6H,4-5H2,1H3,(H,11,13)(H,12,14). The molecule has 1 amide bonds. The Morgan fingerprint density at radius 2 is 2.29 bits per heavy atom. The van der Waals surface area contributed by atoms with E-state index in [1.165, 1.54) is 12.3 Å². The molecule has 1 fully saturated rings. The predicted molar refractivity (Wildman–Crippen MR) is 51.9 cm³/mol. The van der Waals surface area contributed by atoms with Gasteiger partial charge in [-0.2, -0.15) is 0 Å². The van der Waals surface area contributed by atoms with Crippen molar-refractivity contribution in [2.75, 3.05) is 5.32 Å². The molecule has 14 heavy (non-hydrogen) atoms. The van der Waals surface area contributed by atoms with Gasteiger partial charge in [-0.05, 0) is 18.9 Å². The number of amides is 1. The molecule has 2 N–H and O–H groups in total. The summed E-state index contributed by atoms with van der Waals surface area (Å²) < 4.78 is 0. The van der Waals surface area contributed by atoms with Gasteiger partial charge in [-0.3, -0.25) is 4.79 Å². The summed E-state index contributed by atoms with van der Waals surface area (Å²) in [7, 11) is 0. The van der Waals surface area contributed by atoms with Crippen molar-refractivity contribution in [2.24, 2.45) is 5.41 Å². The van der Waals surface area contributed by atoms with E-state index < -0.39 is 0 Å². The van der Waals surface area contributed by atoms with Crippen LogP contribution in [0, 0.1) is 5.41 Å². The summed E-state index contributed by atoms with van der Waals surface area (Å²) in [6.45, 7) is 1.94. The SMILES string of the molecule is CC1(C(=O)Nc2ccc(O)nc2)CC1. The highest BCUT2D eigenvalue weighted by Crippen LogP contribution is 2.45. The van der Waals surface area contributed by atoms with Crippen LogP contribution in [0.1, 0.15) is 19.8 Å². The van der Waals surface area contributed by atoms with Crippen LogP contribution in [-0.4, -0.2) is 16.0 Å². The molecule has 1 aromatic heterocycles. The maximum absolute atomic E-state index is 11.6. The second-order valence-electron chi connectivity index (χ2n) is 3.92. The Kier molecular flexibility index (Phi) is 1.91. The highest BCUT2D eigenvalue weighted by atomic mass is 16.3. The van der Waals surface area contributed by atoms with Crippen LogP contribution in [0.4, 0.5) is 5.69 Å². The molecule has 0 spiro atoms. The minimum Gasteiger partial charge on any atom is -0.493 e. The summed E-state index contributed by atoms with van der Waals surface area (Å²) in [6, 6.07) is 3.08. The lowest BCUT2D eigenvalue weighted by Crippen LogP contribution is -2.21. The maximum Gasteiger partial charge on any atom is 0.230 e. The number of rotatable bonds is 2. The molecule has 1 saturated carbocycles. The number of hydrogen-bond donors (Lipinski definition) is 2. The van der Waals surface area contributed by atoms with Gasteiger partial charge in [-0.15, -0.1) is 0 Å². The predicted octanol–water partition coefficient (Wildman–Crippen LogP) is 1.53. The third-order valence-corrected chi connectivity index (χ3v) is 2.55. The topological polar surface area (TPSA) is 62.2 Å². The van der Waals surface area contributed by atoms with Gasteiger partial charge in [0.25, 0.3) is 0 Å². The second-order valence-corrected chi connectivity index (χ2v) is 3.92. The first kappa shape index (κ1) is 8.99. The fourth-order valence-electron chi connectivity index (χ4n) is 1.16. The Balaban J connectivity index is 2.04. The van der Waals surface area contributed by atoms with E-state index in [9.17, 15) is 4.79 Å². The molecule has 1 heterocycles. The van der Waals surface area contributed by atoms with Crippen LogP contribution in [0.25, 0.3) is 0 Å². The van der Waals surface area contributed by atoms with E-state index in [0.717, 1.165) is 12.8 Å². The first-order valence-corrected chi connectivity index (χ1v) is 4.57. The molecular weight excluding hydrogens is 180 g/mol. The Labute approximate surface area is 82.0 Å². The van der Waals surface area contributed by atoms with E-state index in [1.807, 2.05) is 6.92 Å². The lowest BCUT2D eigenvalue weighted by Gasteiger charge is -2.08. The summed E-state index contributed by atoms with van der Waals surface area (Å²) in [5.41, 5.74) is 0.443. The van der Waals surface area contributed by atoms with E-state index in [0.29, 0.717) is 5.69 Å². The van der Waals surface area contributed by atoms with E-state index in [-0.39, 0.29) is 17.2 Å². The molecule has 74 valence electrons. The average molecular weight is 192 g/mol. The molecule has 0 aromatic carbocycles. The van der Waals surface area contributed by atoms with Gasteiger partial charge < -0.3 is 10.4 Å². The van der Waals surface area contributed by atoms with Crippen LogP contribution < -0.4 is 5.32 Å². The summed E-state index contributed by atoms with van der Waals surface area (Å²) >= 11 is 0. The van der Waals surface area contributed by atoms with E-state index in [2.05, 4.69) is 10.3 Å². The zero-order chi connectivity index (χ0) is 10.2. The zero-order valence-corrected chi connectivity index (χ0v) is 7.95. The van der Waals surface area contributed by atoms with Crippen molar-refractivity contribution in [3.05, 3.63) is 18.3 Å². The zero-order valence-electron chi connectivity index (χ0n) is 7.95. The Morgan fingerprint density at radius 3 is 2.79 bits per heavy atom. The first-order chi connectivity index (χ1) is 6.60. The number of nitrogens with one attached hydrogen (secondary N) is 1. The van der Waals surface area contributed by atoms with Crippen LogP contribution in [-0.2, 0) is 4.79 Å². The molecule has 0 aliphatic heterocycles. The number of anilines is 1. The van der Waals surface area contributed by atoms with E-state index in [4.69, 9.17) is 5.11 Å². The fourth-order valence-corrected chi connectivity index (χ4v) is 1.16. The molecule has 4 nitrogen and oxygen atoms in total. The Morgan fingerprint density at radius 1 is 1.57 bits per heavy atom. The summed E-state index contributed by atoms with van der Waals surface area (Å²) in [6.07, 6.45) is 3.34. The highest BCUT2D eigenvalue weighted by Gasteiger charge is 2.44. The number of carbonyl (C=O) groups excluding carboxylic acids is 1. The van der Waals surface area contributed by atoms with Crippen molar-refractivity contribution in [1.29, 1.82) is 0 Å². The van der Waals surface area contributed by atoms with Crippen molar-refractivity contribution in [2.45, 2.75) is 19.8 Å². The molecule has 1 aromatic rings. The largest absolute Gasteiger partial charge is 0.493 e. The molecule has 1 aliphatic rings. The third kappa shape index (κ3) is 1.69. The Bertz CT molecular complexity index is 355. The highest BCUT2D eigenvalue weighted by molar-refractivity contribution is 5.96. The molecular formula is C10H12N2O2. The second kappa shape index (κ2) is 2.97. The maximum atomic E-state index is 11.6. The fraction of sp³-hybridized carbons (Fsp3) is 0.400. The number of nitrogens with zero attached hydrogens (tertiary/aromatic N) is 1. The number of pyridine rings is 1. The van der Waals surface area contributed by atoms with Gasteiger partial charge >= 0.3 is 0 Å². The van der Waals surface area contributed by atoms with Gasteiger partial charge in [0.1, 0.15) is 0 Å². The van der Waals surface area contributed by atoms with Crippen LogP contribution in [0.5, 0.6) is 5.88 Å². The van der Waals surface area contributed by atoms with Crippen LogP contribution >= 0.6 is 0 Å². The molecule has 2 rings (SSSR count). The number of hydrogen-bond acceptors (Lipinski definition) is 3. The van der Waals surface area contributed by atoms with Gasteiger partial charge in [0.15, 0.2) is 0 Å². The number of aromatic nitrogens is 1. The molecule has 0 bridgehead atoms. The quantitative estimate of drug-likeness (QED) is 0.746. The first-order valence-electron chi connectivity index (χ1n) is 4.57. The van der Waals surface area contributed by atoms with E-state index in [1.54, 1.807) is 6.07 Å². The number of carbonyl (C=O) groups is 1. The van der Waals surface area contributed by atoms with Gasteiger partial charge in [0.2, 0.25) is 11.8 Å². The van der Waals surface area contributed by atoms with Crippen LogP contribution in [0.2, 0.25) is 0 Å². The lowest BCUT2D eigenvalue weighted by molar-refractivity contribution is -0.120. The normalized spacial score (nSPS) is 17.5. The lowest BCUT2D eigenvalue weighted by atomic mass is 10.1. The minimum absolute atomic E-state index is 0.0324. The van der Waals surface area contributed by atoms with Crippen molar-refractivity contribution in [3.8, 4) is 5.88 Å². The van der Waals surface area contributed by atoms with Crippen molar-refractivity contribution < 1.29 is 9.90 Å². The Hall–Kier alpha value is -1.58. The molecule has 0 unspecified atom stereocenters.